The van der Waals surface area contributed by atoms with E-state index < -0.39 is 0 Å². The lowest BCUT2D eigenvalue weighted by Gasteiger charge is -2.11. The summed E-state index contributed by atoms with van der Waals surface area (Å²) < 4.78 is 8.69. The first kappa shape index (κ1) is 15.8. The van der Waals surface area contributed by atoms with E-state index in [4.69, 9.17) is 4.74 Å². The Kier molecular flexibility index (Phi) is 3.85. The Hall–Kier alpha value is -3.68. The minimum atomic E-state index is -0.303. The van der Waals surface area contributed by atoms with Crippen molar-refractivity contribution in [2.24, 2.45) is 7.05 Å². The third-order valence-electron chi connectivity index (χ3n) is 4.07. The largest absolute Gasteiger partial charge is 0.496 e. The number of rotatable bonds is 4. The van der Waals surface area contributed by atoms with Gasteiger partial charge in [0.15, 0.2) is 5.65 Å². The Morgan fingerprint density at radius 1 is 1.15 bits per heavy atom. The van der Waals surface area contributed by atoms with E-state index in [0.717, 1.165) is 11.3 Å². The van der Waals surface area contributed by atoms with Crippen LogP contribution in [0.1, 0.15) is 10.4 Å². The third kappa shape index (κ3) is 2.57. The molecule has 4 rings (SSSR count). The molecule has 1 aromatic carbocycles. The Bertz CT molecular complexity index is 1100. The molecule has 26 heavy (non-hydrogen) atoms. The van der Waals surface area contributed by atoms with Crippen LogP contribution in [0.15, 0.2) is 55.1 Å². The van der Waals surface area contributed by atoms with Crippen LogP contribution in [0.2, 0.25) is 0 Å². The van der Waals surface area contributed by atoms with Crippen LogP contribution in [0.5, 0.6) is 5.75 Å². The van der Waals surface area contributed by atoms with Gasteiger partial charge in [-0.2, -0.15) is 10.2 Å². The second-order valence-electron chi connectivity index (χ2n) is 5.63. The molecule has 0 aliphatic heterocycles. The van der Waals surface area contributed by atoms with Crippen molar-refractivity contribution in [3.63, 3.8) is 0 Å². The number of methoxy groups -OCH3 is 1. The zero-order valence-corrected chi connectivity index (χ0v) is 14.2. The molecule has 4 aromatic rings. The lowest BCUT2D eigenvalue weighted by atomic mass is 10.1. The molecule has 0 saturated carbocycles. The number of aromatic nitrogens is 5. The molecule has 0 aliphatic rings. The predicted octanol–water partition coefficient (Wildman–Crippen LogP) is 2.39. The van der Waals surface area contributed by atoms with Crippen molar-refractivity contribution in [3.05, 3.63) is 60.7 Å². The molecule has 0 saturated heterocycles. The number of anilines is 1. The normalized spacial score (nSPS) is 10.8. The van der Waals surface area contributed by atoms with Crippen LogP contribution in [-0.2, 0) is 7.05 Å². The van der Waals surface area contributed by atoms with Crippen molar-refractivity contribution in [1.82, 2.24) is 24.4 Å². The molecular weight excluding hydrogens is 332 g/mol. The van der Waals surface area contributed by atoms with Gasteiger partial charge in [0.2, 0.25) is 0 Å². The summed E-state index contributed by atoms with van der Waals surface area (Å²) in [5.74, 6) is 0.395. The van der Waals surface area contributed by atoms with Gasteiger partial charge in [-0.25, -0.2) is 9.50 Å². The highest BCUT2D eigenvalue weighted by molar-refractivity contribution is 6.09. The number of carbonyl (C=O) groups is 1. The van der Waals surface area contributed by atoms with Crippen LogP contribution in [0.4, 0.5) is 5.69 Å². The van der Waals surface area contributed by atoms with Gasteiger partial charge in [-0.15, -0.1) is 0 Å². The van der Waals surface area contributed by atoms with E-state index in [1.165, 1.54) is 6.20 Å². The molecule has 130 valence electrons. The minimum Gasteiger partial charge on any atom is -0.496 e. The summed E-state index contributed by atoms with van der Waals surface area (Å²) in [6, 6.07) is 9.33. The van der Waals surface area contributed by atoms with Crippen molar-refractivity contribution in [2.75, 3.05) is 12.4 Å². The summed E-state index contributed by atoms with van der Waals surface area (Å²) in [7, 11) is 3.42. The number of ether oxygens (including phenoxy) is 1. The molecule has 1 N–H and O–H groups in total. The number of amides is 1. The zero-order valence-electron chi connectivity index (χ0n) is 14.2. The first-order valence-corrected chi connectivity index (χ1v) is 7.94. The van der Waals surface area contributed by atoms with Gasteiger partial charge in [0.25, 0.3) is 5.91 Å². The number of hydrogen-bond donors (Lipinski definition) is 1. The molecular formula is C18H16N6O2. The molecule has 0 fully saturated rings. The molecule has 1 amide bonds. The standard InChI is InChI=1S/C18H16N6O2/c1-23-16(12-6-3-4-7-15(12)26-2)14(11-20-23)22-18(25)13-10-21-24-9-5-8-19-17(13)24/h3-11H,1-2H3,(H,22,25). The van der Waals surface area contributed by atoms with Crippen molar-refractivity contribution in [1.29, 1.82) is 0 Å². The van der Waals surface area contributed by atoms with Gasteiger partial charge in [-0.05, 0) is 18.2 Å². The number of carbonyl (C=O) groups excluding carboxylic acids is 1. The molecule has 3 heterocycles. The number of benzene rings is 1. The summed E-state index contributed by atoms with van der Waals surface area (Å²) in [6.45, 7) is 0. The maximum Gasteiger partial charge on any atom is 0.261 e. The Balaban J connectivity index is 1.73. The maximum absolute atomic E-state index is 12.8. The van der Waals surface area contributed by atoms with Gasteiger partial charge >= 0.3 is 0 Å². The molecule has 0 spiro atoms. The second kappa shape index (κ2) is 6.32. The van der Waals surface area contributed by atoms with Crippen molar-refractivity contribution >= 4 is 17.2 Å². The zero-order chi connectivity index (χ0) is 18.1. The quantitative estimate of drug-likeness (QED) is 0.612. The third-order valence-corrected chi connectivity index (χ3v) is 4.07. The lowest BCUT2D eigenvalue weighted by Crippen LogP contribution is -2.12. The van der Waals surface area contributed by atoms with Gasteiger partial charge in [0.05, 0.1) is 30.9 Å². The molecule has 3 aromatic heterocycles. The van der Waals surface area contributed by atoms with E-state index in [9.17, 15) is 4.79 Å². The predicted molar refractivity (Wildman–Crippen MR) is 96.1 cm³/mol. The van der Waals surface area contributed by atoms with Gasteiger partial charge in [-0.3, -0.25) is 9.48 Å². The summed E-state index contributed by atoms with van der Waals surface area (Å²) in [5, 5.41) is 11.3. The highest BCUT2D eigenvalue weighted by Gasteiger charge is 2.19. The van der Waals surface area contributed by atoms with Crippen molar-refractivity contribution in [2.45, 2.75) is 0 Å². The van der Waals surface area contributed by atoms with Crippen LogP contribution in [-0.4, -0.2) is 37.4 Å². The Labute approximate surface area is 149 Å². The van der Waals surface area contributed by atoms with Gasteiger partial charge in [-0.1, -0.05) is 12.1 Å². The Morgan fingerprint density at radius 3 is 2.85 bits per heavy atom. The molecule has 8 heteroatoms. The van der Waals surface area contributed by atoms with E-state index in [0.29, 0.717) is 22.6 Å². The second-order valence-corrected chi connectivity index (χ2v) is 5.63. The van der Waals surface area contributed by atoms with E-state index in [1.807, 2.05) is 31.3 Å². The minimum absolute atomic E-state index is 0.303. The summed E-state index contributed by atoms with van der Waals surface area (Å²) >= 11 is 0. The SMILES string of the molecule is COc1ccccc1-c1c(NC(=O)c2cnn3cccnc23)cnn1C. The van der Waals surface area contributed by atoms with Crippen LogP contribution < -0.4 is 10.1 Å². The van der Waals surface area contributed by atoms with Crippen LogP contribution in [0, 0.1) is 0 Å². The lowest BCUT2D eigenvalue weighted by molar-refractivity contribution is 0.102. The van der Waals surface area contributed by atoms with E-state index >= 15 is 0 Å². The number of fused-ring (bicyclic) bond motifs is 1. The van der Waals surface area contributed by atoms with E-state index in [2.05, 4.69) is 20.5 Å². The average Bonchev–Trinajstić information content (AvgIpc) is 3.25. The molecule has 0 aliphatic carbocycles. The fourth-order valence-electron chi connectivity index (χ4n) is 2.87. The topological polar surface area (TPSA) is 86.3 Å². The van der Waals surface area contributed by atoms with Crippen LogP contribution in [0.25, 0.3) is 16.9 Å². The monoisotopic (exact) mass is 348 g/mol. The van der Waals surface area contributed by atoms with Crippen molar-refractivity contribution < 1.29 is 9.53 Å². The van der Waals surface area contributed by atoms with Gasteiger partial charge in [0.1, 0.15) is 11.3 Å². The first-order valence-electron chi connectivity index (χ1n) is 7.94. The average molecular weight is 348 g/mol. The highest BCUT2D eigenvalue weighted by Crippen LogP contribution is 2.34. The summed E-state index contributed by atoms with van der Waals surface area (Å²) in [6.07, 6.45) is 6.47. The Morgan fingerprint density at radius 2 is 2.00 bits per heavy atom. The van der Waals surface area contributed by atoms with Gasteiger partial charge < -0.3 is 10.1 Å². The molecule has 8 nitrogen and oxygen atoms in total. The number of nitrogens with zero attached hydrogens (tertiary/aromatic N) is 5. The molecule has 0 bridgehead atoms. The summed E-state index contributed by atoms with van der Waals surface area (Å²) in [5.41, 5.74) is 3.05. The van der Waals surface area contributed by atoms with Crippen molar-refractivity contribution in [3.8, 4) is 17.0 Å². The van der Waals surface area contributed by atoms with Crippen LogP contribution in [0.3, 0.4) is 0 Å². The van der Waals surface area contributed by atoms with Gasteiger partial charge in [0, 0.05) is 25.0 Å². The summed E-state index contributed by atoms with van der Waals surface area (Å²) in [4.78, 5) is 17.0. The maximum atomic E-state index is 12.8. The number of hydrogen-bond acceptors (Lipinski definition) is 5. The van der Waals surface area contributed by atoms with Crippen LogP contribution >= 0.6 is 0 Å². The molecule has 0 unspecified atom stereocenters. The first-order chi connectivity index (χ1) is 12.7. The van der Waals surface area contributed by atoms with E-state index in [1.54, 1.807) is 41.0 Å². The molecule has 0 atom stereocenters. The fourth-order valence-corrected chi connectivity index (χ4v) is 2.87. The fraction of sp³-hybridized carbons (Fsp3) is 0.111. The number of aryl methyl sites for hydroxylation is 1. The van der Waals surface area contributed by atoms with E-state index in [-0.39, 0.29) is 5.91 Å². The smallest absolute Gasteiger partial charge is 0.261 e. The number of para-hydroxylation sites is 1. The number of nitrogens with one attached hydrogen (secondary N) is 1. The highest BCUT2D eigenvalue weighted by atomic mass is 16.5. The molecule has 0 radical (unpaired) electrons.